The lowest BCUT2D eigenvalue weighted by Crippen LogP contribution is -2.38. The van der Waals surface area contributed by atoms with Crippen LogP contribution in [0.3, 0.4) is 0 Å². The predicted octanol–water partition coefficient (Wildman–Crippen LogP) is 2.40. The van der Waals surface area contributed by atoms with E-state index in [0.717, 1.165) is 25.2 Å². The van der Waals surface area contributed by atoms with Gasteiger partial charge in [0, 0.05) is 36.0 Å². The highest BCUT2D eigenvalue weighted by molar-refractivity contribution is 7.10. The SMILES string of the molecule is CCN1CCCC1CN(C)Cc1sccc1C#CCCO. The Morgan fingerprint density at radius 2 is 2.38 bits per heavy atom. The van der Waals surface area contributed by atoms with Crippen LogP contribution in [0.25, 0.3) is 0 Å². The summed E-state index contributed by atoms with van der Waals surface area (Å²) in [7, 11) is 2.21. The average Bonchev–Trinajstić information content (AvgIpc) is 3.09. The molecule has 4 heteroatoms. The van der Waals surface area contributed by atoms with E-state index in [0.29, 0.717) is 12.5 Å². The van der Waals surface area contributed by atoms with Crippen molar-refractivity contribution in [2.45, 2.75) is 38.8 Å². The highest BCUT2D eigenvalue weighted by Crippen LogP contribution is 2.21. The summed E-state index contributed by atoms with van der Waals surface area (Å²) in [5.74, 6) is 6.20. The molecule has 1 aliphatic heterocycles. The Morgan fingerprint density at radius 3 is 3.14 bits per heavy atom. The molecule has 1 aromatic rings. The molecule has 21 heavy (non-hydrogen) atoms. The van der Waals surface area contributed by atoms with Crippen molar-refractivity contribution >= 4 is 11.3 Å². The molecule has 1 N–H and O–H groups in total. The molecule has 116 valence electrons. The molecule has 1 atom stereocenters. The van der Waals surface area contributed by atoms with Gasteiger partial charge in [-0.2, -0.15) is 0 Å². The van der Waals surface area contributed by atoms with E-state index in [1.165, 1.54) is 24.3 Å². The van der Waals surface area contributed by atoms with Gasteiger partial charge in [0.05, 0.1) is 6.61 Å². The summed E-state index contributed by atoms with van der Waals surface area (Å²) in [6.07, 6.45) is 3.22. The molecule has 0 spiro atoms. The van der Waals surface area contributed by atoms with Crippen LogP contribution in [-0.2, 0) is 6.54 Å². The van der Waals surface area contributed by atoms with E-state index in [2.05, 4.69) is 47.1 Å². The van der Waals surface area contributed by atoms with Crippen LogP contribution in [-0.4, -0.2) is 54.2 Å². The minimum Gasteiger partial charge on any atom is -0.395 e. The second kappa shape index (κ2) is 8.55. The third-order valence-corrected chi connectivity index (χ3v) is 4.95. The smallest absolute Gasteiger partial charge is 0.0540 e. The number of aliphatic hydroxyl groups excluding tert-OH is 1. The Balaban J connectivity index is 1.90. The molecule has 1 unspecified atom stereocenters. The zero-order valence-electron chi connectivity index (χ0n) is 13.1. The average molecular weight is 306 g/mol. The van der Waals surface area contributed by atoms with E-state index in [4.69, 9.17) is 5.11 Å². The first-order valence-electron chi connectivity index (χ1n) is 7.83. The Labute approximate surface area is 132 Å². The van der Waals surface area contributed by atoms with Crippen LogP contribution in [0.4, 0.5) is 0 Å². The summed E-state index contributed by atoms with van der Waals surface area (Å²) in [5.41, 5.74) is 1.12. The topological polar surface area (TPSA) is 26.7 Å². The van der Waals surface area contributed by atoms with Crippen molar-refractivity contribution in [3.63, 3.8) is 0 Å². The van der Waals surface area contributed by atoms with Gasteiger partial charge in [-0.1, -0.05) is 18.8 Å². The van der Waals surface area contributed by atoms with Crippen molar-refractivity contribution in [1.82, 2.24) is 9.80 Å². The Kier molecular flexibility index (Phi) is 6.72. The van der Waals surface area contributed by atoms with Gasteiger partial charge in [-0.3, -0.25) is 9.80 Å². The molecule has 0 aromatic carbocycles. The van der Waals surface area contributed by atoms with E-state index in [1.807, 2.05) is 0 Å². The molecule has 0 radical (unpaired) electrons. The van der Waals surface area contributed by atoms with Crippen LogP contribution in [0.1, 0.15) is 36.6 Å². The van der Waals surface area contributed by atoms with E-state index in [1.54, 1.807) is 11.3 Å². The molecule has 3 nitrogen and oxygen atoms in total. The summed E-state index contributed by atoms with van der Waals surface area (Å²) in [5, 5.41) is 10.9. The molecular weight excluding hydrogens is 280 g/mol. The molecule has 0 bridgehead atoms. The lowest BCUT2D eigenvalue weighted by atomic mass is 10.2. The molecule has 0 aliphatic carbocycles. The first kappa shape index (κ1) is 16.5. The van der Waals surface area contributed by atoms with Gasteiger partial charge in [0.1, 0.15) is 0 Å². The maximum atomic E-state index is 8.80. The Hall–Kier alpha value is -0.860. The van der Waals surface area contributed by atoms with Crippen LogP contribution < -0.4 is 0 Å². The van der Waals surface area contributed by atoms with Crippen LogP contribution >= 0.6 is 11.3 Å². The standard InChI is InChI=1S/C17H26N2OS/c1-3-19-10-6-8-16(19)13-18(2)14-17-15(9-12-21-17)7-4-5-11-20/h9,12,16,20H,3,5-6,8,10-11,13-14H2,1-2H3. The fourth-order valence-electron chi connectivity index (χ4n) is 2.98. The van der Waals surface area contributed by atoms with Crippen molar-refractivity contribution in [3.05, 3.63) is 21.9 Å². The summed E-state index contributed by atoms with van der Waals surface area (Å²) >= 11 is 1.78. The highest BCUT2D eigenvalue weighted by Gasteiger charge is 2.24. The number of rotatable bonds is 6. The van der Waals surface area contributed by atoms with Crippen LogP contribution in [0.15, 0.2) is 11.4 Å². The Bertz CT molecular complexity index is 488. The van der Waals surface area contributed by atoms with Gasteiger partial charge in [-0.15, -0.1) is 11.3 Å². The van der Waals surface area contributed by atoms with Crippen LogP contribution in [0, 0.1) is 11.8 Å². The molecule has 2 rings (SSSR count). The summed E-state index contributed by atoms with van der Waals surface area (Å²) < 4.78 is 0. The van der Waals surface area contributed by atoms with Gasteiger partial charge in [0.15, 0.2) is 0 Å². The molecule has 1 aliphatic rings. The van der Waals surface area contributed by atoms with Crippen molar-refractivity contribution in [1.29, 1.82) is 0 Å². The summed E-state index contributed by atoms with van der Waals surface area (Å²) in [6.45, 7) is 6.92. The van der Waals surface area contributed by atoms with Crippen molar-refractivity contribution < 1.29 is 5.11 Å². The van der Waals surface area contributed by atoms with E-state index >= 15 is 0 Å². The van der Waals surface area contributed by atoms with Gasteiger partial charge in [-0.05, 0) is 44.4 Å². The quantitative estimate of drug-likeness (QED) is 0.818. The van der Waals surface area contributed by atoms with Gasteiger partial charge in [0.25, 0.3) is 0 Å². The molecule has 0 amide bonds. The second-order valence-electron chi connectivity index (χ2n) is 5.65. The second-order valence-corrected chi connectivity index (χ2v) is 6.65. The normalized spacial score (nSPS) is 19.0. The van der Waals surface area contributed by atoms with Gasteiger partial charge < -0.3 is 5.11 Å². The number of hydrogen-bond donors (Lipinski definition) is 1. The highest BCUT2D eigenvalue weighted by atomic mass is 32.1. The number of likely N-dealkylation sites (tertiary alicyclic amines) is 1. The van der Waals surface area contributed by atoms with E-state index in [-0.39, 0.29) is 6.61 Å². The van der Waals surface area contributed by atoms with Crippen molar-refractivity contribution in [3.8, 4) is 11.8 Å². The minimum atomic E-state index is 0.140. The third kappa shape index (κ3) is 4.82. The van der Waals surface area contributed by atoms with E-state index in [9.17, 15) is 0 Å². The molecule has 1 aromatic heterocycles. The zero-order valence-corrected chi connectivity index (χ0v) is 14.0. The van der Waals surface area contributed by atoms with Gasteiger partial charge >= 0.3 is 0 Å². The number of aliphatic hydroxyl groups is 1. The predicted molar refractivity (Wildman–Crippen MR) is 89.5 cm³/mol. The monoisotopic (exact) mass is 306 g/mol. The first-order chi connectivity index (χ1) is 10.2. The van der Waals surface area contributed by atoms with E-state index < -0.39 is 0 Å². The molecule has 1 fully saturated rings. The largest absolute Gasteiger partial charge is 0.395 e. The number of thiophene rings is 1. The fraction of sp³-hybridized carbons (Fsp3) is 0.647. The molecule has 1 saturated heterocycles. The zero-order chi connectivity index (χ0) is 15.1. The fourth-order valence-corrected chi connectivity index (χ4v) is 3.89. The maximum Gasteiger partial charge on any atom is 0.0540 e. The Morgan fingerprint density at radius 1 is 1.52 bits per heavy atom. The molecule has 2 heterocycles. The van der Waals surface area contributed by atoms with Crippen LogP contribution in [0.2, 0.25) is 0 Å². The first-order valence-corrected chi connectivity index (χ1v) is 8.71. The number of nitrogens with zero attached hydrogens (tertiary/aromatic N) is 2. The maximum absolute atomic E-state index is 8.80. The minimum absolute atomic E-state index is 0.140. The number of likely N-dealkylation sites (N-methyl/N-ethyl adjacent to an activating group) is 2. The van der Waals surface area contributed by atoms with Crippen LogP contribution in [0.5, 0.6) is 0 Å². The molecule has 0 saturated carbocycles. The van der Waals surface area contributed by atoms with Gasteiger partial charge in [0.2, 0.25) is 0 Å². The lowest BCUT2D eigenvalue weighted by molar-refractivity contribution is 0.195. The van der Waals surface area contributed by atoms with Gasteiger partial charge in [-0.25, -0.2) is 0 Å². The summed E-state index contributed by atoms with van der Waals surface area (Å²) in [6, 6.07) is 2.80. The van der Waals surface area contributed by atoms with Crippen molar-refractivity contribution in [2.75, 3.05) is 33.3 Å². The summed E-state index contributed by atoms with van der Waals surface area (Å²) in [4.78, 5) is 6.35. The van der Waals surface area contributed by atoms with Crippen molar-refractivity contribution in [2.24, 2.45) is 0 Å². The molecular formula is C17H26N2OS. The third-order valence-electron chi connectivity index (χ3n) is 4.05. The number of hydrogen-bond acceptors (Lipinski definition) is 4. The lowest BCUT2D eigenvalue weighted by Gasteiger charge is -2.27.